The van der Waals surface area contributed by atoms with Gasteiger partial charge in [-0.3, -0.25) is 0 Å². The molecule has 0 spiro atoms. The largest absolute Gasteiger partial charge is 0.496 e. The van der Waals surface area contributed by atoms with Crippen molar-refractivity contribution >= 4 is 0 Å². The van der Waals surface area contributed by atoms with E-state index in [9.17, 15) is 5.11 Å². The minimum Gasteiger partial charge on any atom is -0.496 e. The third kappa shape index (κ3) is 6.54. The molecule has 284 valence electrons. The summed E-state index contributed by atoms with van der Waals surface area (Å²) in [6.45, 7) is 0. The number of benzene rings is 4. The summed E-state index contributed by atoms with van der Waals surface area (Å²) in [7, 11) is 15.7. The van der Waals surface area contributed by atoms with Crippen molar-refractivity contribution in [2.45, 2.75) is 37.1 Å². The lowest BCUT2D eigenvalue weighted by Crippen LogP contribution is -2.31. The van der Waals surface area contributed by atoms with E-state index in [1.165, 1.54) is 7.11 Å². The second-order valence-corrected chi connectivity index (χ2v) is 12.4. The maximum Gasteiger partial charge on any atom is 0.203 e. The standard InChI is InChI=1S/C40H46O13/c1-42-22-15-26(43-2)23(27(16-22)44-3)18-29-35(20-11-31(46-5)39(50-9)32(12-20)47-6)36-30(52-29)19-28(45-4)24-17-25(41)37(53-38(24)36)21-13-33(48-7)40(51-10)34(14-21)49-8/h11-16,19,25,29,35,37,41H,17-18H2,1-10H3/t25-,29-,35-,37-/m1/s1. The van der Waals surface area contributed by atoms with E-state index >= 15 is 0 Å². The van der Waals surface area contributed by atoms with Gasteiger partial charge in [0.25, 0.3) is 0 Å². The molecule has 13 heteroatoms. The number of methoxy groups -OCH3 is 10. The first-order chi connectivity index (χ1) is 25.7. The molecule has 2 heterocycles. The Bertz CT molecular complexity index is 1880. The lowest BCUT2D eigenvalue weighted by atomic mass is 9.82. The van der Waals surface area contributed by atoms with Gasteiger partial charge in [0.2, 0.25) is 11.5 Å². The van der Waals surface area contributed by atoms with E-state index in [2.05, 4.69) is 0 Å². The Morgan fingerprint density at radius 3 is 1.49 bits per heavy atom. The quantitative estimate of drug-likeness (QED) is 0.164. The number of ether oxygens (including phenoxy) is 12. The summed E-state index contributed by atoms with van der Waals surface area (Å²) in [6, 6.07) is 12.8. The number of hydrogen-bond acceptors (Lipinski definition) is 13. The molecule has 0 bridgehead atoms. The SMILES string of the molecule is COc1cc(OC)c(C[C@H]2Oc3cc(OC)c4c(c3[C@@H]2c2cc(OC)c(OC)c(OC)c2)O[C@H](c2cc(OC)c(OC)c(OC)c2)[C@H](O)C4)c(OC)c1. The van der Waals surface area contributed by atoms with Gasteiger partial charge in [-0.2, -0.15) is 0 Å². The van der Waals surface area contributed by atoms with Crippen LogP contribution < -0.4 is 56.8 Å². The molecule has 0 unspecified atom stereocenters. The number of fused-ring (bicyclic) bond motifs is 3. The Hall–Kier alpha value is -5.56. The third-order valence-electron chi connectivity index (χ3n) is 9.82. The van der Waals surface area contributed by atoms with E-state index in [0.29, 0.717) is 86.5 Å². The van der Waals surface area contributed by atoms with Crippen LogP contribution in [0.3, 0.4) is 0 Å². The Kier molecular flexibility index (Phi) is 10.9. The highest BCUT2D eigenvalue weighted by Crippen LogP contribution is 2.57. The van der Waals surface area contributed by atoms with Gasteiger partial charge < -0.3 is 61.9 Å². The first kappa shape index (κ1) is 37.2. The molecule has 6 rings (SSSR count). The topological polar surface area (TPSA) is 131 Å². The molecule has 4 aromatic carbocycles. The molecule has 4 atom stereocenters. The Morgan fingerprint density at radius 2 is 1.04 bits per heavy atom. The summed E-state index contributed by atoms with van der Waals surface area (Å²) < 4.78 is 71.0. The zero-order valence-electron chi connectivity index (χ0n) is 31.6. The van der Waals surface area contributed by atoms with Gasteiger partial charge in [0.05, 0.1) is 83.1 Å². The molecule has 0 aromatic heterocycles. The molecule has 0 amide bonds. The molecule has 13 nitrogen and oxygen atoms in total. The molecule has 53 heavy (non-hydrogen) atoms. The van der Waals surface area contributed by atoms with E-state index in [-0.39, 0.29) is 6.42 Å². The second kappa shape index (κ2) is 15.6. The van der Waals surface area contributed by atoms with Crippen LogP contribution >= 0.6 is 0 Å². The van der Waals surface area contributed by atoms with Crippen LogP contribution in [0, 0.1) is 0 Å². The van der Waals surface area contributed by atoms with Crippen LogP contribution in [0.1, 0.15) is 39.8 Å². The first-order valence-electron chi connectivity index (χ1n) is 16.9. The van der Waals surface area contributed by atoms with Gasteiger partial charge in [0.15, 0.2) is 29.1 Å². The Morgan fingerprint density at radius 1 is 0.547 bits per heavy atom. The molecule has 0 radical (unpaired) electrons. The molecule has 0 saturated carbocycles. The lowest BCUT2D eigenvalue weighted by Gasteiger charge is -2.34. The summed E-state index contributed by atoms with van der Waals surface area (Å²) in [6.07, 6.45) is -1.74. The minimum atomic E-state index is -0.956. The summed E-state index contributed by atoms with van der Waals surface area (Å²) >= 11 is 0. The molecule has 2 aliphatic heterocycles. The molecule has 2 aliphatic rings. The fourth-order valence-corrected chi connectivity index (χ4v) is 7.37. The second-order valence-electron chi connectivity index (χ2n) is 12.4. The maximum absolute atomic E-state index is 11.7. The first-order valence-corrected chi connectivity index (χ1v) is 16.9. The molecule has 0 aliphatic carbocycles. The van der Waals surface area contributed by atoms with Gasteiger partial charge in [0.1, 0.15) is 40.6 Å². The van der Waals surface area contributed by atoms with Crippen molar-refractivity contribution < 1.29 is 61.9 Å². The molecular weight excluding hydrogens is 688 g/mol. The highest BCUT2D eigenvalue weighted by Gasteiger charge is 2.45. The molecule has 1 N–H and O–H groups in total. The van der Waals surface area contributed by atoms with Crippen molar-refractivity contribution in [3.63, 3.8) is 0 Å². The fourth-order valence-electron chi connectivity index (χ4n) is 7.37. The van der Waals surface area contributed by atoms with E-state index in [1.807, 2.05) is 30.3 Å². The molecule has 4 aromatic rings. The maximum atomic E-state index is 11.7. The number of hydrogen-bond donors (Lipinski definition) is 1. The van der Waals surface area contributed by atoms with Gasteiger partial charge in [-0.05, 0) is 29.8 Å². The monoisotopic (exact) mass is 734 g/mol. The van der Waals surface area contributed by atoms with E-state index < -0.39 is 24.2 Å². The van der Waals surface area contributed by atoms with Crippen molar-refractivity contribution in [1.29, 1.82) is 0 Å². The normalized spacial score (nSPS) is 18.4. The van der Waals surface area contributed by atoms with Crippen LogP contribution in [0.15, 0.2) is 42.5 Å². The van der Waals surface area contributed by atoms with Crippen LogP contribution in [0.4, 0.5) is 0 Å². The number of aliphatic hydroxyl groups excluding tert-OH is 1. The van der Waals surface area contributed by atoms with Gasteiger partial charge in [-0.1, -0.05) is 0 Å². The molecular formula is C40H46O13. The fraction of sp³-hybridized carbons (Fsp3) is 0.400. The predicted molar refractivity (Wildman–Crippen MR) is 194 cm³/mol. The van der Waals surface area contributed by atoms with Crippen molar-refractivity contribution in [1.82, 2.24) is 0 Å². The summed E-state index contributed by atoms with van der Waals surface area (Å²) in [5.74, 6) is 5.55. The van der Waals surface area contributed by atoms with Crippen LogP contribution in [-0.2, 0) is 12.8 Å². The Balaban J connectivity index is 1.57. The highest BCUT2D eigenvalue weighted by molar-refractivity contribution is 5.66. The zero-order valence-corrected chi connectivity index (χ0v) is 31.6. The van der Waals surface area contributed by atoms with Gasteiger partial charge >= 0.3 is 0 Å². The molecule has 0 fully saturated rings. The van der Waals surface area contributed by atoms with Crippen molar-refractivity contribution in [3.05, 3.63) is 70.3 Å². The number of rotatable bonds is 14. The Labute approximate surface area is 309 Å². The van der Waals surface area contributed by atoms with E-state index in [1.54, 1.807) is 76.1 Å². The van der Waals surface area contributed by atoms with Gasteiger partial charge in [-0.15, -0.1) is 0 Å². The third-order valence-corrected chi connectivity index (χ3v) is 9.82. The predicted octanol–water partition coefficient (Wildman–Crippen LogP) is 5.95. The smallest absolute Gasteiger partial charge is 0.203 e. The highest BCUT2D eigenvalue weighted by atomic mass is 16.5. The van der Waals surface area contributed by atoms with Crippen LogP contribution in [0.25, 0.3) is 0 Å². The summed E-state index contributed by atoms with van der Waals surface area (Å²) in [5.41, 5.74) is 3.67. The number of aliphatic hydroxyl groups is 1. The van der Waals surface area contributed by atoms with Gasteiger partial charge in [0, 0.05) is 53.3 Å². The lowest BCUT2D eigenvalue weighted by molar-refractivity contribution is 0.0190. The summed E-state index contributed by atoms with van der Waals surface area (Å²) in [5, 5.41) is 11.7. The van der Waals surface area contributed by atoms with E-state index in [0.717, 1.165) is 16.7 Å². The van der Waals surface area contributed by atoms with Crippen LogP contribution in [0.5, 0.6) is 69.0 Å². The molecule has 0 saturated heterocycles. The zero-order chi connectivity index (χ0) is 38.0. The average Bonchev–Trinajstić information content (AvgIpc) is 3.56. The van der Waals surface area contributed by atoms with E-state index in [4.69, 9.17) is 56.8 Å². The van der Waals surface area contributed by atoms with Crippen molar-refractivity contribution in [3.8, 4) is 69.0 Å². The average molecular weight is 735 g/mol. The minimum absolute atomic E-state index is 0.222. The van der Waals surface area contributed by atoms with Crippen molar-refractivity contribution in [2.24, 2.45) is 0 Å². The van der Waals surface area contributed by atoms with Crippen molar-refractivity contribution in [2.75, 3.05) is 71.1 Å². The van der Waals surface area contributed by atoms with Crippen LogP contribution in [0.2, 0.25) is 0 Å². The summed E-state index contributed by atoms with van der Waals surface area (Å²) in [4.78, 5) is 0. The van der Waals surface area contributed by atoms with Gasteiger partial charge in [-0.25, -0.2) is 0 Å². The van der Waals surface area contributed by atoms with Crippen LogP contribution in [-0.4, -0.2) is 88.4 Å².